The first-order valence-corrected chi connectivity index (χ1v) is 6.05. The SMILES string of the molecule is C=C(C)C(N)C1CCCc2sccc21. The van der Waals surface area contributed by atoms with Gasteiger partial charge >= 0.3 is 0 Å². The molecule has 0 aliphatic heterocycles. The fourth-order valence-electron chi connectivity index (χ4n) is 2.24. The molecule has 0 saturated carbocycles. The van der Waals surface area contributed by atoms with Gasteiger partial charge in [0.15, 0.2) is 0 Å². The number of hydrogen-bond donors (Lipinski definition) is 1. The van der Waals surface area contributed by atoms with Crippen LogP contribution < -0.4 is 5.73 Å². The van der Waals surface area contributed by atoms with Gasteiger partial charge in [0.2, 0.25) is 0 Å². The average molecular weight is 207 g/mol. The number of hydrogen-bond acceptors (Lipinski definition) is 2. The minimum atomic E-state index is 0.142. The minimum Gasteiger partial charge on any atom is -0.324 e. The molecule has 1 aromatic heterocycles. The predicted molar refractivity (Wildman–Crippen MR) is 62.8 cm³/mol. The lowest BCUT2D eigenvalue weighted by atomic mass is 9.81. The molecule has 0 saturated heterocycles. The molecular formula is C12H17NS. The molecular weight excluding hydrogens is 190 g/mol. The smallest absolute Gasteiger partial charge is 0.0318 e. The topological polar surface area (TPSA) is 26.0 Å². The average Bonchev–Trinajstić information content (AvgIpc) is 2.63. The summed E-state index contributed by atoms with van der Waals surface area (Å²) in [6.45, 7) is 6.00. The van der Waals surface area contributed by atoms with Crippen molar-refractivity contribution in [1.82, 2.24) is 0 Å². The normalized spacial score (nSPS) is 22.9. The maximum absolute atomic E-state index is 6.17. The number of aryl methyl sites for hydroxylation is 1. The summed E-state index contributed by atoms with van der Waals surface area (Å²) in [5.74, 6) is 0.516. The van der Waals surface area contributed by atoms with E-state index in [0.29, 0.717) is 5.92 Å². The molecule has 0 aromatic carbocycles. The molecule has 1 nitrogen and oxygen atoms in total. The Bertz CT molecular complexity index is 340. The van der Waals surface area contributed by atoms with E-state index >= 15 is 0 Å². The van der Waals surface area contributed by atoms with Gasteiger partial charge < -0.3 is 5.73 Å². The molecule has 0 bridgehead atoms. The van der Waals surface area contributed by atoms with Gasteiger partial charge in [-0.05, 0) is 43.2 Å². The van der Waals surface area contributed by atoms with Crippen LogP contribution in [0, 0.1) is 0 Å². The maximum atomic E-state index is 6.17. The molecule has 14 heavy (non-hydrogen) atoms. The van der Waals surface area contributed by atoms with E-state index in [9.17, 15) is 0 Å². The zero-order chi connectivity index (χ0) is 10.1. The molecule has 76 valence electrons. The first-order chi connectivity index (χ1) is 6.70. The van der Waals surface area contributed by atoms with Crippen molar-refractivity contribution in [3.05, 3.63) is 34.0 Å². The van der Waals surface area contributed by atoms with E-state index < -0.39 is 0 Å². The monoisotopic (exact) mass is 207 g/mol. The third kappa shape index (κ3) is 1.64. The van der Waals surface area contributed by atoms with Crippen LogP contribution in [-0.4, -0.2) is 6.04 Å². The van der Waals surface area contributed by atoms with Crippen LogP contribution in [0.1, 0.15) is 36.1 Å². The molecule has 0 amide bonds. The largest absolute Gasteiger partial charge is 0.324 e. The number of fused-ring (bicyclic) bond motifs is 1. The second-order valence-corrected chi connectivity index (χ2v) is 5.17. The Labute approximate surface area is 89.6 Å². The summed E-state index contributed by atoms with van der Waals surface area (Å²) in [5, 5.41) is 2.19. The number of thiophene rings is 1. The van der Waals surface area contributed by atoms with Gasteiger partial charge in [0.25, 0.3) is 0 Å². The zero-order valence-electron chi connectivity index (χ0n) is 8.62. The van der Waals surface area contributed by atoms with Gasteiger partial charge in [-0.25, -0.2) is 0 Å². The van der Waals surface area contributed by atoms with Crippen molar-refractivity contribution >= 4 is 11.3 Å². The van der Waals surface area contributed by atoms with Crippen LogP contribution in [0.25, 0.3) is 0 Å². The van der Waals surface area contributed by atoms with E-state index in [1.165, 1.54) is 29.7 Å². The first kappa shape index (κ1) is 9.94. The Kier molecular flexibility index (Phi) is 2.75. The van der Waals surface area contributed by atoms with Crippen LogP contribution in [0.2, 0.25) is 0 Å². The highest BCUT2D eigenvalue weighted by Crippen LogP contribution is 2.37. The van der Waals surface area contributed by atoms with Gasteiger partial charge in [-0.3, -0.25) is 0 Å². The second-order valence-electron chi connectivity index (χ2n) is 4.17. The third-order valence-corrected chi connectivity index (χ3v) is 4.10. The molecule has 2 N–H and O–H groups in total. The zero-order valence-corrected chi connectivity index (χ0v) is 9.44. The Morgan fingerprint density at radius 1 is 1.71 bits per heavy atom. The van der Waals surface area contributed by atoms with Crippen molar-refractivity contribution < 1.29 is 0 Å². The standard InChI is InChI=1S/C12H17NS/c1-8(2)12(13)10-4-3-5-11-9(10)6-7-14-11/h6-7,10,12H,1,3-5,13H2,2H3. The molecule has 2 heteroatoms. The van der Waals surface area contributed by atoms with E-state index in [2.05, 4.69) is 18.0 Å². The molecule has 1 heterocycles. The van der Waals surface area contributed by atoms with Crippen LogP contribution in [0.5, 0.6) is 0 Å². The molecule has 2 atom stereocenters. The van der Waals surface area contributed by atoms with Crippen molar-refractivity contribution in [2.45, 2.75) is 38.1 Å². The summed E-state index contributed by atoms with van der Waals surface area (Å²) < 4.78 is 0. The molecule has 1 aliphatic rings. The summed E-state index contributed by atoms with van der Waals surface area (Å²) >= 11 is 1.87. The van der Waals surface area contributed by atoms with Gasteiger partial charge in [0.05, 0.1) is 0 Å². The molecule has 2 rings (SSSR count). The van der Waals surface area contributed by atoms with Crippen molar-refractivity contribution in [2.75, 3.05) is 0 Å². The predicted octanol–water partition coefficient (Wildman–Crippen LogP) is 3.07. The molecule has 0 spiro atoms. The lowest BCUT2D eigenvalue weighted by Gasteiger charge is -2.28. The van der Waals surface area contributed by atoms with E-state index in [4.69, 9.17) is 5.73 Å². The Morgan fingerprint density at radius 2 is 2.50 bits per heavy atom. The summed E-state index contributed by atoms with van der Waals surface area (Å²) in [7, 11) is 0. The maximum Gasteiger partial charge on any atom is 0.0318 e. The fraction of sp³-hybridized carbons (Fsp3) is 0.500. The molecule has 0 fully saturated rings. The van der Waals surface area contributed by atoms with Crippen LogP contribution in [0.4, 0.5) is 0 Å². The second kappa shape index (κ2) is 3.87. The van der Waals surface area contributed by atoms with E-state index in [1.807, 2.05) is 18.3 Å². The number of nitrogens with two attached hydrogens (primary N) is 1. The van der Waals surface area contributed by atoms with Gasteiger partial charge in [-0.2, -0.15) is 0 Å². The number of rotatable bonds is 2. The van der Waals surface area contributed by atoms with E-state index in [-0.39, 0.29) is 6.04 Å². The highest BCUT2D eigenvalue weighted by atomic mass is 32.1. The highest BCUT2D eigenvalue weighted by Gasteiger charge is 2.26. The molecule has 0 radical (unpaired) electrons. The minimum absolute atomic E-state index is 0.142. The van der Waals surface area contributed by atoms with E-state index in [1.54, 1.807) is 0 Å². The molecule has 1 aliphatic carbocycles. The van der Waals surface area contributed by atoms with Crippen LogP contribution in [0.3, 0.4) is 0 Å². The van der Waals surface area contributed by atoms with Gasteiger partial charge in [-0.15, -0.1) is 11.3 Å². The van der Waals surface area contributed by atoms with Crippen molar-refractivity contribution in [3.8, 4) is 0 Å². The quantitative estimate of drug-likeness (QED) is 0.741. The fourth-order valence-corrected chi connectivity index (χ4v) is 3.24. The van der Waals surface area contributed by atoms with Gasteiger partial charge in [-0.1, -0.05) is 12.2 Å². The molecule has 2 unspecified atom stereocenters. The summed E-state index contributed by atoms with van der Waals surface area (Å²) in [6.07, 6.45) is 3.74. The summed E-state index contributed by atoms with van der Waals surface area (Å²) in [5.41, 5.74) is 8.76. The van der Waals surface area contributed by atoms with Crippen molar-refractivity contribution in [2.24, 2.45) is 5.73 Å². The Hall–Kier alpha value is -0.600. The Morgan fingerprint density at radius 3 is 3.21 bits per heavy atom. The van der Waals surface area contributed by atoms with Gasteiger partial charge in [0, 0.05) is 16.8 Å². The lowest BCUT2D eigenvalue weighted by Crippen LogP contribution is -2.31. The highest BCUT2D eigenvalue weighted by molar-refractivity contribution is 7.10. The van der Waals surface area contributed by atoms with Crippen molar-refractivity contribution in [3.63, 3.8) is 0 Å². The van der Waals surface area contributed by atoms with Gasteiger partial charge in [0.1, 0.15) is 0 Å². The third-order valence-electron chi connectivity index (χ3n) is 3.10. The summed E-state index contributed by atoms with van der Waals surface area (Å²) in [4.78, 5) is 1.54. The molecule has 1 aromatic rings. The lowest BCUT2D eigenvalue weighted by molar-refractivity contribution is 0.503. The van der Waals surface area contributed by atoms with Crippen LogP contribution >= 0.6 is 11.3 Å². The van der Waals surface area contributed by atoms with Crippen molar-refractivity contribution in [1.29, 1.82) is 0 Å². The Balaban J connectivity index is 2.28. The van der Waals surface area contributed by atoms with Crippen LogP contribution in [0.15, 0.2) is 23.6 Å². The first-order valence-electron chi connectivity index (χ1n) is 5.17. The summed E-state index contributed by atoms with van der Waals surface area (Å²) in [6, 6.07) is 2.38. The van der Waals surface area contributed by atoms with Crippen LogP contribution in [-0.2, 0) is 6.42 Å². The van der Waals surface area contributed by atoms with E-state index in [0.717, 1.165) is 5.57 Å².